The minimum Gasteiger partial charge on any atom is -0.341 e. The topological polar surface area (TPSA) is 34.4 Å². The van der Waals surface area contributed by atoms with Gasteiger partial charge in [-0.1, -0.05) is 13.8 Å². The van der Waals surface area contributed by atoms with Crippen LogP contribution in [-0.4, -0.2) is 37.0 Å². The number of carbonyl (C=O) groups excluding carboxylic acids is 1. The molecule has 1 aliphatic rings. The molecular weight excluding hydrogens is 152 g/mol. The first-order chi connectivity index (χ1) is 5.63. The average molecular weight is 169 g/mol. The molecule has 0 saturated carbocycles. The first kappa shape index (κ1) is 9.52. The van der Waals surface area contributed by atoms with E-state index in [0.29, 0.717) is 6.04 Å². The molecule has 1 unspecified atom stereocenters. The van der Waals surface area contributed by atoms with Crippen molar-refractivity contribution in [1.82, 2.24) is 10.2 Å². The van der Waals surface area contributed by atoms with E-state index in [-0.39, 0.29) is 11.8 Å². The van der Waals surface area contributed by atoms with Gasteiger partial charge in [0.25, 0.3) is 0 Å². The number of hydrogen-bond acceptors (Lipinski definition) is 1. The lowest BCUT2D eigenvalue weighted by atomic mass is 10.1. The molecule has 12 heavy (non-hydrogen) atoms. The highest BCUT2D eigenvalue weighted by Crippen LogP contribution is 2.10. The normalized spacial score (nSPS) is 23.2. The van der Waals surface area contributed by atoms with E-state index in [2.05, 4.69) is 5.32 Å². The van der Waals surface area contributed by atoms with E-state index in [9.17, 15) is 4.79 Å². The maximum Gasteiger partial charge on any atom is 0.225 e. The van der Waals surface area contributed by atoms with Crippen molar-refractivity contribution in [2.75, 3.05) is 20.1 Å². The molecule has 0 bridgehead atoms. The summed E-state index contributed by atoms with van der Waals surface area (Å²) in [6.45, 7) is 5.62. The van der Waals surface area contributed by atoms with Crippen LogP contribution in [0, 0.1) is 5.92 Å². The summed E-state index contributed by atoms with van der Waals surface area (Å²) >= 11 is 0. The Morgan fingerprint density at radius 1 is 1.58 bits per heavy atom. The van der Waals surface area contributed by atoms with Gasteiger partial charge in [-0.25, -0.2) is 5.32 Å². The van der Waals surface area contributed by atoms with Crippen molar-refractivity contribution in [2.45, 2.75) is 26.3 Å². The van der Waals surface area contributed by atoms with Crippen LogP contribution in [-0.2, 0) is 4.79 Å². The molecule has 1 rings (SSSR count). The highest BCUT2D eigenvalue weighted by Gasteiger charge is 2.24. The molecule has 1 fully saturated rings. The minimum atomic E-state index is 0.107. The van der Waals surface area contributed by atoms with E-state index >= 15 is 0 Å². The van der Waals surface area contributed by atoms with E-state index < -0.39 is 0 Å². The third-order valence-electron chi connectivity index (χ3n) is 2.35. The summed E-state index contributed by atoms with van der Waals surface area (Å²) < 4.78 is 0. The van der Waals surface area contributed by atoms with Crippen LogP contribution >= 0.6 is 0 Å². The molecule has 0 spiro atoms. The zero-order valence-electron chi connectivity index (χ0n) is 8.08. The molecule has 3 heteroatoms. The second-order valence-electron chi connectivity index (χ2n) is 3.68. The molecule has 1 saturated heterocycles. The summed E-state index contributed by atoms with van der Waals surface area (Å²) in [6, 6.07) is 0.361. The molecule has 0 aliphatic carbocycles. The number of nitrogens with zero attached hydrogens (tertiary/aromatic N) is 2. The van der Waals surface area contributed by atoms with Crippen LogP contribution in [0.3, 0.4) is 0 Å². The average Bonchev–Trinajstić information content (AvgIpc) is 2.53. The Balaban J connectivity index is 2.45. The largest absolute Gasteiger partial charge is 0.341 e. The summed E-state index contributed by atoms with van der Waals surface area (Å²) in [5.74, 6) is 0.340. The Morgan fingerprint density at radius 3 is 2.67 bits per heavy atom. The maximum absolute atomic E-state index is 11.5. The van der Waals surface area contributed by atoms with Gasteiger partial charge in [-0.3, -0.25) is 4.79 Å². The van der Waals surface area contributed by atoms with Gasteiger partial charge in [0.15, 0.2) is 0 Å². The Labute approximate surface area is 74.1 Å². The molecule has 1 atom stereocenters. The molecule has 1 radical (unpaired) electrons. The van der Waals surface area contributed by atoms with Gasteiger partial charge in [-0.2, -0.15) is 0 Å². The highest BCUT2D eigenvalue weighted by molar-refractivity contribution is 5.78. The predicted molar refractivity (Wildman–Crippen MR) is 47.9 cm³/mol. The fourth-order valence-electron chi connectivity index (χ4n) is 1.48. The van der Waals surface area contributed by atoms with E-state index in [1.165, 1.54) is 0 Å². The maximum atomic E-state index is 11.5. The van der Waals surface area contributed by atoms with Crippen LogP contribution < -0.4 is 5.32 Å². The quantitative estimate of drug-likeness (QED) is 0.592. The highest BCUT2D eigenvalue weighted by atomic mass is 16.2. The number of hydrogen-bond donors (Lipinski definition) is 0. The number of carbonyl (C=O) groups is 1. The summed E-state index contributed by atoms with van der Waals surface area (Å²) in [5, 5.41) is 4.23. The first-order valence-corrected chi connectivity index (χ1v) is 4.53. The van der Waals surface area contributed by atoms with Crippen LogP contribution in [0.5, 0.6) is 0 Å². The van der Waals surface area contributed by atoms with Crippen LogP contribution in [0.15, 0.2) is 0 Å². The Hall–Kier alpha value is -0.570. The van der Waals surface area contributed by atoms with E-state index in [1.807, 2.05) is 25.8 Å². The summed E-state index contributed by atoms with van der Waals surface area (Å²) in [6.07, 6.45) is 1.04. The van der Waals surface area contributed by atoms with Crippen LogP contribution in [0.2, 0.25) is 0 Å². The van der Waals surface area contributed by atoms with E-state index in [0.717, 1.165) is 19.5 Å². The molecule has 3 nitrogen and oxygen atoms in total. The first-order valence-electron chi connectivity index (χ1n) is 4.53. The lowest BCUT2D eigenvalue weighted by molar-refractivity contribution is -0.134. The minimum absolute atomic E-state index is 0.107. The van der Waals surface area contributed by atoms with Crippen LogP contribution in [0.1, 0.15) is 20.3 Å². The third-order valence-corrected chi connectivity index (χ3v) is 2.35. The SMILES string of the molecule is CC(C)C(=O)N(C)C1CC[N]C1. The lowest BCUT2D eigenvalue weighted by Crippen LogP contribution is -2.40. The summed E-state index contributed by atoms with van der Waals surface area (Å²) in [4.78, 5) is 13.4. The molecule has 0 aromatic carbocycles. The lowest BCUT2D eigenvalue weighted by Gasteiger charge is -2.25. The molecule has 1 heterocycles. The second kappa shape index (κ2) is 3.90. The molecular formula is C9H17N2O. The Kier molecular flexibility index (Phi) is 3.09. The third kappa shape index (κ3) is 1.97. The van der Waals surface area contributed by atoms with E-state index in [4.69, 9.17) is 0 Å². The van der Waals surface area contributed by atoms with Gasteiger partial charge < -0.3 is 4.90 Å². The van der Waals surface area contributed by atoms with Crippen molar-refractivity contribution in [1.29, 1.82) is 0 Å². The smallest absolute Gasteiger partial charge is 0.225 e. The van der Waals surface area contributed by atoms with Gasteiger partial charge in [-0.15, -0.1) is 0 Å². The second-order valence-corrected chi connectivity index (χ2v) is 3.68. The van der Waals surface area contributed by atoms with Gasteiger partial charge in [0.05, 0.1) is 0 Å². The van der Waals surface area contributed by atoms with Gasteiger partial charge >= 0.3 is 0 Å². The predicted octanol–water partition coefficient (Wildman–Crippen LogP) is 0.478. The van der Waals surface area contributed by atoms with Gasteiger partial charge in [0.2, 0.25) is 5.91 Å². The van der Waals surface area contributed by atoms with Crippen molar-refractivity contribution in [3.8, 4) is 0 Å². The summed E-state index contributed by atoms with van der Waals surface area (Å²) in [7, 11) is 1.88. The van der Waals surface area contributed by atoms with Gasteiger partial charge in [-0.05, 0) is 6.42 Å². The molecule has 0 N–H and O–H groups in total. The monoisotopic (exact) mass is 169 g/mol. The number of rotatable bonds is 2. The molecule has 0 aromatic heterocycles. The van der Waals surface area contributed by atoms with Gasteiger partial charge in [0.1, 0.15) is 0 Å². The zero-order valence-corrected chi connectivity index (χ0v) is 8.08. The van der Waals surface area contributed by atoms with Gasteiger partial charge in [0, 0.05) is 32.1 Å². The molecule has 0 aromatic rings. The standard InChI is InChI=1S/C9H17N2O/c1-7(2)9(12)11(3)8-4-5-10-6-8/h7-8H,4-6H2,1-3H3. The Morgan fingerprint density at radius 2 is 2.25 bits per heavy atom. The van der Waals surface area contributed by atoms with Crippen molar-refractivity contribution in [2.24, 2.45) is 5.92 Å². The van der Waals surface area contributed by atoms with Crippen molar-refractivity contribution >= 4 is 5.91 Å². The van der Waals surface area contributed by atoms with Crippen molar-refractivity contribution in [3.05, 3.63) is 0 Å². The number of likely N-dealkylation sites (N-methyl/N-ethyl adjacent to an activating group) is 1. The fraction of sp³-hybridized carbons (Fsp3) is 0.889. The van der Waals surface area contributed by atoms with Crippen LogP contribution in [0.4, 0.5) is 0 Å². The van der Waals surface area contributed by atoms with Crippen molar-refractivity contribution < 1.29 is 4.79 Å². The van der Waals surface area contributed by atoms with Crippen molar-refractivity contribution in [3.63, 3.8) is 0 Å². The van der Waals surface area contributed by atoms with E-state index in [1.54, 1.807) is 0 Å². The fourth-order valence-corrected chi connectivity index (χ4v) is 1.48. The molecule has 69 valence electrons. The molecule has 1 amide bonds. The Bertz CT molecular complexity index is 162. The molecule has 1 aliphatic heterocycles. The zero-order chi connectivity index (χ0) is 9.14. The summed E-state index contributed by atoms with van der Waals surface area (Å²) in [5.41, 5.74) is 0. The van der Waals surface area contributed by atoms with Crippen LogP contribution in [0.25, 0.3) is 0 Å². The number of amides is 1.